The van der Waals surface area contributed by atoms with Crippen molar-refractivity contribution in [3.05, 3.63) is 65.2 Å². The molecule has 8 heteroatoms. The molecule has 4 rings (SSSR count). The van der Waals surface area contributed by atoms with Crippen molar-refractivity contribution in [1.29, 1.82) is 0 Å². The molecule has 0 radical (unpaired) electrons. The fourth-order valence-electron chi connectivity index (χ4n) is 3.90. The molecule has 1 aliphatic heterocycles. The number of halogens is 1. The zero-order valence-corrected chi connectivity index (χ0v) is 18.4. The van der Waals surface area contributed by atoms with Crippen LogP contribution in [0.5, 0.6) is 0 Å². The van der Waals surface area contributed by atoms with E-state index in [0.717, 1.165) is 38.0 Å². The third kappa shape index (κ3) is 5.48. The first-order chi connectivity index (χ1) is 15.1. The van der Waals surface area contributed by atoms with Gasteiger partial charge in [0.05, 0.1) is 0 Å². The third-order valence-electron chi connectivity index (χ3n) is 5.68. The van der Waals surface area contributed by atoms with Crippen LogP contribution in [0.15, 0.2) is 54.6 Å². The number of nitrogens with zero attached hydrogens (tertiary/aromatic N) is 5. The van der Waals surface area contributed by atoms with Crippen molar-refractivity contribution in [2.24, 2.45) is 0 Å². The number of piperidine rings is 1. The minimum Gasteiger partial charge on any atom is -0.351 e. The average molecular weight is 439 g/mol. The smallest absolute Gasteiger partial charge is 0.247 e. The van der Waals surface area contributed by atoms with E-state index in [1.54, 1.807) is 12.1 Å². The number of likely N-dealkylation sites (tertiary alicyclic amines) is 1. The molecule has 7 nitrogen and oxygen atoms in total. The second kappa shape index (κ2) is 10.0. The van der Waals surface area contributed by atoms with Crippen LogP contribution in [-0.2, 0) is 11.3 Å². The number of hydrogen-bond donors (Lipinski definition) is 1. The molecular weight excluding hydrogens is 412 g/mol. The highest BCUT2D eigenvalue weighted by Gasteiger charge is 2.26. The Morgan fingerprint density at radius 1 is 1.13 bits per heavy atom. The van der Waals surface area contributed by atoms with E-state index >= 15 is 0 Å². The molecule has 1 N–H and O–H groups in total. The Morgan fingerprint density at radius 2 is 1.84 bits per heavy atom. The number of hydrogen-bond acceptors (Lipinski definition) is 5. The third-order valence-corrected chi connectivity index (χ3v) is 5.93. The Morgan fingerprint density at radius 3 is 2.52 bits per heavy atom. The number of tetrazole rings is 1. The standard InChI is InChI=1S/C23H27ClN6O/c1-2-21(30-27-22(26-28-30)18-8-10-19(24)11-9-18)23(31)25-20-12-14-29(15-13-20)16-17-6-4-3-5-7-17/h3-11,20-21H,2,12-16H2,1H3,(H,25,31). The summed E-state index contributed by atoms with van der Waals surface area (Å²) in [5, 5.41) is 16.5. The van der Waals surface area contributed by atoms with E-state index in [1.165, 1.54) is 10.4 Å². The molecule has 1 saturated heterocycles. The average Bonchev–Trinajstić information content (AvgIpc) is 3.26. The topological polar surface area (TPSA) is 75.9 Å². The Kier molecular flexibility index (Phi) is 6.94. The molecular formula is C23H27ClN6O. The molecule has 1 aromatic heterocycles. The van der Waals surface area contributed by atoms with Gasteiger partial charge in [0.25, 0.3) is 0 Å². The maximum Gasteiger partial charge on any atom is 0.247 e. The summed E-state index contributed by atoms with van der Waals surface area (Å²) in [7, 11) is 0. The van der Waals surface area contributed by atoms with Gasteiger partial charge in [0.1, 0.15) is 0 Å². The summed E-state index contributed by atoms with van der Waals surface area (Å²) in [6.45, 7) is 4.85. The largest absolute Gasteiger partial charge is 0.351 e. The SMILES string of the molecule is CCC(C(=O)NC1CCN(Cc2ccccc2)CC1)n1nnc(-c2ccc(Cl)cc2)n1. The molecule has 0 saturated carbocycles. The lowest BCUT2D eigenvalue weighted by Crippen LogP contribution is -2.46. The number of aromatic nitrogens is 4. The van der Waals surface area contributed by atoms with Crippen LogP contribution in [0, 0.1) is 0 Å². The lowest BCUT2D eigenvalue weighted by molar-refractivity contribution is -0.126. The minimum atomic E-state index is -0.476. The Labute approximate surface area is 187 Å². The van der Waals surface area contributed by atoms with Gasteiger partial charge in [-0.3, -0.25) is 9.69 Å². The maximum absolute atomic E-state index is 12.9. The number of amides is 1. The number of benzene rings is 2. The lowest BCUT2D eigenvalue weighted by atomic mass is 10.0. The molecule has 3 aromatic rings. The summed E-state index contributed by atoms with van der Waals surface area (Å²) in [5.74, 6) is 0.432. The van der Waals surface area contributed by atoms with Crippen LogP contribution in [0.3, 0.4) is 0 Å². The van der Waals surface area contributed by atoms with E-state index in [1.807, 2.05) is 25.1 Å². The van der Waals surface area contributed by atoms with Gasteiger partial charge in [0.2, 0.25) is 11.7 Å². The van der Waals surface area contributed by atoms with Crippen molar-refractivity contribution in [2.75, 3.05) is 13.1 Å². The van der Waals surface area contributed by atoms with Crippen LogP contribution in [-0.4, -0.2) is 50.1 Å². The van der Waals surface area contributed by atoms with Crippen molar-refractivity contribution in [3.63, 3.8) is 0 Å². The Balaban J connectivity index is 1.32. The predicted octanol–water partition coefficient (Wildman–Crippen LogP) is 3.73. The maximum atomic E-state index is 12.9. The van der Waals surface area contributed by atoms with E-state index in [4.69, 9.17) is 11.6 Å². The fraction of sp³-hybridized carbons (Fsp3) is 0.391. The van der Waals surface area contributed by atoms with Gasteiger partial charge in [0.15, 0.2) is 6.04 Å². The summed E-state index contributed by atoms with van der Waals surface area (Å²) in [5.41, 5.74) is 2.14. The van der Waals surface area contributed by atoms with Crippen LogP contribution >= 0.6 is 11.6 Å². The summed E-state index contributed by atoms with van der Waals surface area (Å²) < 4.78 is 0. The predicted molar refractivity (Wildman–Crippen MR) is 120 cm³/mol. The van der Waals surface area contributed by atoms with Gasteiger partial charge in [-0.25, -0.2) is 0 Å². The molecule has 0 aliphatic carbocycles. The van der Waals surface area contributed by atoms with Crippen LogP contribution in [0.2, 0.25) is 5.02 Å². The van der Waals surface area contributed by atoms with E-state index in [2.05, 4.69) is 49.9 Å². The number of carbonyl (C=O) groups is 1. The lowest BCUT2D eigenvalue weighted by Gasteiger charge is -2.33. The highest BCUT2D eigenvalue weighted by molar-refractivity contribution is 6.30. The second-order valence-corrected chi connectivity index (χ2v) is 8.35. The Hall–Kier alpha value is -2.77. The van der Waals surface area contributed by atoms with Crippen LogP contribution in [0.1, 0.15) is 37.8 Å². The van der Waals surface area contributed by atoms with E-state index in [0.29, 0.717) is 17.3 Å². The first-order valence-corrected chi connectivity index (χ1v) is 11.1. The summed E-state index contributed by atoms with van der Waals surface area (Å²) >= 11 is 5.94. The fourth-order valence-corrected chi connectivity index (χ4v) is 4.03. The van der Waals surface area contributed by atoms with Crippen molar-refractivity contribution >= 4 is 17.5 Å². The van der Waals surface area contributed by atoms with E-state index in [9.17, 15) is 4.79 Å². The molecule has 2 heterocycles. The van der Waals surface area contributed by atoms with Gasteiger partial charge in [-0.15, -0.1) is 10.2 Å². The summed E-state index contributed by atoms with van der Waals surface area (Å²) in [6.07, 6.45) is 2.47. The van der Waals surface area contributed by atoms with Crippen LogP contribution in [0.25, 0.3) is 11.4 Å². The van der Waals surface area contributed by atoms with Crippen molar-refractivity contribution < 1.29 is 4.79 Å². The summed E-state index contributed by atoms with van der Waals surface area (Å²) in [6, 6.07) is 17.4. The molecule has 2 aromatic carbocycles. The van der Waals surface area contributed by atoms with Crippen LogP contribution < -0.4 is 5.32 Å². The molecule has 162 valence electrons. The van der Waals surface area contributed by atoms with Gasteiger partial charge >= 0.3 is 0 Å². The first kappa shape index (κ1) is 21.5. The number of nitrogens with one attached hydrogen (secondary N) is 1. The number of carbonyl (C=O) groups excluding carboxylic acids is 1. The molecule has 1 aliphatic rings. The first-order valence-electron chi connectivity index (χ1n) is 10.7. The summed E-state index contributed by atoms with van der Waals surface area (Å²) in [4.78, 5) is 16.8. The molecule has 0 spiro atoms. The van der Waals surface area contributed by atoms with E-state index in [-0.39, 0.29) is 11.9 Å². The van der Waals surface area contributed by atoms with Gasteiger partial charge in [0, 0.05) is 36.3 Å². The van der Waals surface area contributed by atoms with Gasteiger partial charge in [-0.1, -0.05) is 48.9 Å². The molecule has 31 heavy (non-hydrogen) atoms. The zero-order valence-electron chi connectivity index (χ0n) is 17.6. The highest BCUT2D eigenvalue weighted by atomic mass is 35.5. The molecule has 1 unspecified atom stereocenters. The zero-order chi connectivity index (χ0) is 21.6. The highest BCUT2D eigenvalue weighted by Crippen LogP contribution is 2.19. The molecule has 1 amide bonds. The van der Waals surface area contributed by atoms with Crippen molar-refractivity contribution in [1.82, 2.24) is 30.4 Å². The van der Waals surface area contributed by atoms with Crippen molar-refractivity contribution in [3.8, 4) is 11.4 Å². The molecule has 1 atom stereocenters. The number of rotatable bonds is 7. The van der Waals surface area contributed by atoms with Gasteiger partial charge in [-0.2, -0.15) is 4.80 Å². The van der Waals surface area contributed by atoms with E-state index < -0.39 is 6.04 Å². The van der Waals surface area contributed by atoms with Gasteiger partial charge < -0.3 is 5.32 Å². The quantitative estimate of drug-likeness (QED) is 0.608. The minimum absolute atomic E-state index is 0.0518. The van der Waals surface area contributed by atoms with Gasteiger partial charge in [-0.05, 0) is 54.3 Å². The normalized spacial score (nSPS) is 16.2. The monoisotopic (exact) mass is 438 g/mol. The van der Waals surface area contributed by atoms with Crippen molar-refractivity contribution in [2.45, 2.75) is 44.8 Å². The molecule has 1 fully saturated rings. The Bertz CT molecular complexity index is 983. The van der Waals surface area contributed by atoms with Crippen LogP contribution in [0.4, 0.5) is 0 Å². The molecule has 0 bridgehead atoms. The second-order valence-electron chi connectivity index (χ2n) is 7.91.